The number of para-hydroxylation sites is 1. The van der Waals surface area contributed by atoms with E-state index in [0.717, 1.165) is 0 Å². The third-order valence-electron chi connectivity index (χ3n) is 16.5. The first-order chi connectivity index (χ1) is 26.7. The summed E-state index contributed by atoms with van der Waals surface area (Å²) in [6.45, 7) is 22.4. The number of hydrogen-bond donors (Lipinski definition) is 0. The molecular weight excluding hydrogens is 677 g/mol. The van der Waals surface area contributed by atoms with Crippen molar-refractivity contribution in [1.29, 1.82) is 0 Å². The molecular formula is C52H58BN3. The van der Waals surface area contributed by atoms with E-state index in [9.17, 15) is 0 Å². The van der Waals surface area contributed by atoms with E-state index in [1.165, 1.54) is 119 Å². The fraction of sp³-hybridized carbons (Fsp3) is 0.423. The topological polar surface area (TPSA) is 9.72 Å². The Morgan fingerprint density at radius 3 is 1.62 bits per heavy atom. The van der Waals surface area contributed by atoms with Crippen LogP contribution in [0.15, 0.2) is 91.0 Å². The van der Waals surface area contributed by atoms with E-state index in [-0.39, 0.29) is 34.0 Å². The molecule has 0 amide bonds. The average molecular weight is 736 g/mol. The second-order valence-corrected chi connectivity index (χ2v) is 20.6. The highest BCUT2D eigenvalue weighted by Crippen LogP contribution is 2.65. The smallest absolute Gasteiger partial charge is 0.252 e. The summed E-state index contributed by atoms with van der Waals surface area (Å²) in [6.07, 6.45) is 10.0. The monoisotopic (exact) mass is 735 g/mol. The highest BCUT2D eigenvalue weighted by molar-refractivity contribution is 7.00. The van der Waals surface area contributed by atoms with Crippen LogP contribution in [0.1, 0.15) is 128 Å². The molecule has 4 heterocycles. The Kier molecular flexibility index (Phi) is 6.92. The van der Waals surface area contributed by atoms with Crippen molar-refractivity contribution in [2.24, 2.45) is 0 Å². The summed E-state index contributed by atoms with van der Waals surface area (Å²) < 4.78 is 0. The lowest BCUT2D eigenvalue weighted by atomic mass is 9.33. The third kappa shape index (κ3) is 4.16. The van der Waals surface area contributed by atoms with Gasteiger partial charge in [-0.25, -0.2) is 0 Å². The molecule has 4 aliphatic heterocycles. The summed E-state index contributed by atoms with van der Waals surface area (Å²) >= 11 is 0. The van der Waals surface area contributed by atoms with Crippen LogP contribution in [0.3, 0.4) is 0 Å². The van der Waals surface area contributed by atoms with Gasteiger partial charge in [0.2, 0.25) is 0 Å². The van der Waals surface area contributed by atoms with Gasteiger partial charge in [-0.2, -0.15) is 0 Å². The summed E-state index contributed by atoms with van der Waals surface area (Å²) in [4.78, 5) is 8.40. The SMILES string of the molecule is Cc1cccc(N(c2cccc(C)c2)c2cc3c4c(c2)N2c5c(cc(C(C)(C)C)cc5C5(C)CCCCC25C)B4c2cccc4c2N3C2(C)CCCCC42C)c1. The summed E-state index contributed by atoms with van der Waals surface area (Å²) in [5, 5.41) is 0. The highest BCUT2D eigenvalue weighted by atomic mass is 15.3. The summed E-state index contributed by atoms with van der Waals surface area (Å²) in [7, 11) is 0. The Morgan fingerprint density at radius 2 is 1.07 bits per heavy atom. The van der Waals surface area contributed by atoms with Gasteiger partial charge in [-0.05, 0) is 139 Å². The van der Waals surface area contributed by atoms with Crippen LogP contribution in [0.2, 0.25) is 0 Å². The summed E-state index contributed by atoms with van der Waals surface area (Å²) in [5.74, 6) is 0. The van der Waals surface area contributed by atoms with E-state index >= 15 is 0 Å². The maximum atomic E-state index is 2.93. The molecule has 0 spiro atoms. The molecule has 4 heteroatoms. The van der Waals surface area contributed by atoms with Crippen LogP contribution in [0.25, 0.3) is 0 Å². The zero-order valence-corrected chi connectivity index (χ0v) is 35.2. The van der Waals surface area contributed by atoms with Gasteiger partial charge in [0.15, 0.2) is 0 Å². The Balaban J connectivity index is 1.30. The summed E-state index contributed by atoms with van der Waals surface area (Å²) in [5.41, 5.74) is 21.5. The standard InChI is InChI=1S/C52H58BN3/c1-33-17-14-19-36(27-33)54(37-20-15-18-34(2)28-37)38-31-43-45-44(32-38)56-47-40(50(7)24-11-13-26-52(50,56)9)29-35(48(3,4)5)30-42(47)53(45)41-22-16-21-39-46(41)55(43)51(8)25-12-10-23-49(39,51)6/h14-22,27-32H,10-13,23-26H2,1-9H3. The van der Waals surface area contributed by atoms with Crippen molar-refractivity contribution >= 4 is 62.9 Å². The minimum Gasteiger partial charge on any atom is -0.335 e. The number of nitrogens with zero attached hydrogens (tertiary/aromatic N) is 3. The fourth-order valence-corrected chi connectivity index (χ4v) is 13.2. The van der Waals surface area contributed by atoms with Gasteiger partial charge in [0.25, 0.3) is 6.71 Å². The van der Waals surface area contributed by atoms with Gasteiger partial charge in [0.1, 0.15) is 0 Å². The second kappa shape index (κ2) is 11.1. The fourth-order valence-electron chi connectivity index (χ4n) is 13.2. The quantitative estimate of drug-likeness (QED) is 0.171. The summed E-state index contributed by atoms with van der Waals surface area (Å²) in [6, 6.07) is 36.3. The van der Waals surface area contributed by atoms with Gasteiger partial charge in [-0.1, -0.05) is 115 Å². The molecule has 2 aliphatic carbocycles. The van der Waals surface area contributed by atoms with E-state index in [1.54, 1.807) is 16.6 Å². The Bertz CT molecular complexity index is 2450. The maximum Gasteiger partial charge on any atom is 0.252 e. The van der Waals surface area contributed by atoms with Crippen molar-refractivity contribution < 1.29 is 0 Å². The van der Waals surface area contributed by atoms with E-state index in [1.807, 2.05) is 0 Å². The van der Waals surface area contributed by atoms with Crippen molar-refractivity contribution in [1.82, 2.24) is 0 Å². The Morgan fingerprint density at radius 1 is 0.554 bits per heavy atom. The minimum atomic E-state index is -0.0376. The van der Waals surface area contributed by atoms with E-state index < -0.39 is 0 Å². The Hall–Kier alpha value is -4.44. The van der Waals surface area contributed by atoms with Crippen molar-refractivity contribution in [2.75, 3.05) is 14.7 Å². The van der Waals surface area contributed by atoms with Gasteiger partial charge >= 0.3 is 0 Å². The molecule has 2 saturated carbocycles. The lowest BCUT2D eigenvalue weighted by Crippen LogP contribution is -2.66. The molecule has 5 aromatic rings. The van der Waals surface area contributed by atoms with Crippen LogP contribution in [0.5, 0.6) is 0 Å². The molecule has 2 fully saturated rings. The zero-order valence-electron chi connectivity index (χ0n) is 35.2. The molecule has 5 aromatic carbocycles. The number of anilines is 7. The van der Waals surface area contributed by atoms with Crippen LogP contribution < -0.4 is 31.1 Å². The normalized spacial score (nSPS) is 27.7. The number of benzene rings is 5. The Labute approximate surface area is 336 Å². The molecule has 0 radical (unpaired) electrons. The predicted octanol–water partition coefficient (Wildman–Crippen LogP) is 11.7. The molecule has 4 unspecified atom stereocenters. The van der Waals surface area contributed by atoms with Crippen LogP contribution in [0, 0.1) is 13.8 Å². The number of hydrogen-bond acceptors (Lipinski definition) is 3. The molecule has 0 saturated heterocycles. The molecule has 0 aromatic heterocycles. The van der Waals surface area contributed by atoms with Crippen LogP contribution in [-0.2, 0) is 16.2 Å². The van der Waals surface area contributed by atoms with E-state index in [4.69, 9.17) is 0 Å². The molecule has 6 aliphatic rings. The van der Waals surface area contributed by atoms with Crippen LogP contribution in [-0.4, -0.2) is 17.8 Å². The first kappa shape index (κ1) is 34.8. The average Bonchev–Trinajstić information content (AvgIpc) is 3.51. The molecule has 284 valence electrons. The second-order valence-electron chi connectivity index (χ2n) is 20.6. The van der Waals surface area contributed by atoms with Crippen molar-refractivity contribution in [3.05, 3.63) is 119 Å². The molecule has 4 atom stereocenters. The number of rotatable bonds is 3. The largest absolute Gasteiger partial charge is 0.335 e. The van der Waals surface area contributed by atoms with Crippen LogP contribution in [0.4, 0.5) is 39.8 Å². The number of fused-ring (bicyclic) bond motifs is 10. The van der Waals surface area contributed by atoms with Gasteiger partial charge in [-0.15, -0.1) is 0 Å². The minimum absolute atomic E-state index is 0.0223. The molecule has 56 heavy (non-hydrogen) atoms. The highest BCUT2D eigenvalue weighted by Gasteiger charge is 2.65. The lowest BCUT2D eigenvalue weighted by Gasteiger charge is -2.55. The zero-order chi connectivity index (χ0) is 38.7. The maximum absolute atomic E-state index is 2.93. The molecule has 0 bridgehead atoms. The first-order valence-corrected chi connectivity index (χ1v) is 21.7. The first-order valence-electron chi connectivity index (χ1n) is 21.7. The van der Waals surface area contributed by atoms with Crippen molar-refractivity contribution in [2.45, 2.75) is 141 Å². The van der Waals surface area contributed by atoms with Gasteiger partial charge in [0.05, 0.1) is 16.8 Å². The van der Waals surface area contributed by atoms with Crippen LogP contribution >= 0.6 is 0 Å². The molecule has 3 nitrogen and oxygen atoms in total. The van der Waals surface area contributed by atoms with Gasteiger partial charge < -0.3 is 14.7 Å². The molecule has 0 N–H and O–H groups in total. The van der Waals surface area contributed by atoms with E-state index in [0.29, 0.717) is 0 Å². The predicted molar refractivity (Wildman–Crippen MR) is 240 cm³/mol. The third-order valence-corrected chi connectivity index (χ3v) is 16.5. The molecule has 11 rings (SSSR count). The lowest BCUT2D eigenvalue weighted by molar-refractivity contribution is 0.194. The van der Waals surface area contributed by atoms with E-state index in [2.05, 4.69) is 168 Å². The van der Waals surface area contributed by atoms with Gasteiger partial charge in [0, 0.05) is 45.0 Å². The number of aryl methyl sites for hydroxylation is 2. The van der Waals surface area contributed by atoms with Crippen molar-refractivity contribution in [3.63, 3.8) is 0 Å². The van der Waals surface area contributed by atoms with Crippen molar-refractivity contribution in [3.8, 4) is 0 Å². The van der Waals surface area contributed by atoms with Gasteiger partial charge in [-0.3, -0.25) is 0 Å².